The van der Waals surface area contributed by atoms with Crippen molar-refractivity contribution >= 4 is 16.8 Å². The monoisotopic (exact) mass is 385 g/mol. The van der Waals surface area contributed by atoms with Crippen molar-refractivity contribution in [1.29, 1.82) is 0 Å². The number of carbonyl (C=O) groups is 1. The van der Waals surface area contributed by atoms with E-state index in [1.807, 2.05) is 30.3 Å². The van der Waals surface area contributed by atoms with Crippen LogP contribution < -0.4 is 11.2 Å². The molecule has 5 N–H and O–H groups in total. The summed E-state index contributed by atoms with van der Waals surface area (Å²) in [4.78, 5) is 14.8. The van der Waals surface area contributed by atoms with Crippen LogP contribution in [0, 0.1) is 0 Å². The maximum Gasteiger partial charge on any atom is 0.274 e. The lowest BCUT2D eigenvalue weighted by molar-refractivity contribution is 0.0706. The standard InChI is InChI=1S/C24H23N3O2/c25-22(13-12-20-15-26-23-7-2-1-6-21(20)23)19-5-3-4-18(14-19)16-8-10-17(11-9-16)24(28)27-29/h1-11,14-15,22,26,29H,12-13,25H2,(H,27,28). The molecule has 0 aliphatic carbocycles. The first-order valence-electron chi connectivity index (χ1n) is 9.61. The van der Waals surface area contributed by atoms with Gasteiger partial charge in [0.2, 0.25) is 0 Å². The van der Waals surface area contributed by atoms with Gasteiger partial charge in [-0.05, 0) is 59.4 Å². The van der Waals surface area contributed by atoms with E-state index >= 15 is 0 Å². The van der Waals surface area contributed by atoms with Crippen LogP contribution >= 0.6 is 0 Å². The van der Waals surface area contributed by atoms with Gasteiger partial charge in [-0.3, -0.25) is 10.0 Å². The van der Waals surface area contributed by atoms with Crippen molar-refractivity contribution < 1.29 is 10.0 Å². The smallest absolute Gasteiger partial charge is 0.274 e. The predicted octanol–water partition coefficient (Wildman–Crippen LogP) is 4.59. The third kappa shape index (κ3) is 4.06. The van der Waals surface area contributed by atoms with Gasteiger partial charge in [0.05, 0.1) is 0 Å². The van der Waals surface area contributed by atoms with Gasteiger partial charge in [-0.25, -0.2) is 5.48 Å². The maximum absolute atomic E-state index is 11.5. The van der Waals surface area contributed by atoms with Gasteiger partial charge in [0.1, 0.15) is 0 Å². The van der Waals surface area contributed by atoms with Gasteiger partial charge in [0, 0.05) is 28.7 Å². The molecule has 29 heavy (non-hydrogen) atoms. The van der Waals surface area contributed by atoms with E-state index < -0.39 is 5.91 Å². The molecule has 146 valence electrons. The number of amides is 1. The topological polar surface area (TPSA) is 91.1 Å². The third-order valence-electron chi connectivity index (χ3n) is 5.30. The first-order valence-corrected chi connectivity index (χ1v) is 9.61. The molecule has 3 aromatic carbocycles. The number of fused-ring (bicyclic) bond motifs is 1. The molecule has 0 aliphatic heterocycles. The minimum Gasteiger partial charge on any atom is -0.361 e. The van der Waals surface area contributed by atoms with Gasteiger partial charge < -0.3 is 10.7 Å². The highest BCUT2D eigenvalue weighted by Gasteiger charge is 2.11. The van der Waals surface area contributed by atoms with Crippen LogP contribution in [-0.2, 0) is 6.42 Å². The number of nitrogens with one attached hydrogen (secondary N) is 2. The summed E-state index contributed by atoms with van der Waals surface area (Å²) in [5, 5.41) is 9.98. The number of aromatic amines is 1. The largest absolute Gasteiger partial charge is 0.361 e. The van der Waals surface area contributed by atoms with Gasteiger partial charge in [-0.2, -0.15) is 0 Å². The number of aromatic nitrogens is 1. The average Bonchev–Trinajstić information content (AvgIpc) is 3.20. The number of rotatable bonds is 6. The van der Waals surface area contributed by atoms with E-state index in [4.69, 9.17) is 10.9 Å². The number of hydroxylamine groups is 1. The Morgan fingerprint density at radius 2 is 1.79 bits per heavy atom. The van der Waals surface area contributed by atoms with Crippen LogP contribution in [0.15, 0.2) is 79.0 Å². The van der Waals surface area contributed by atoms with E-state index in [0.717, 1.165) is 35.0 Å². The summed E-state index contributed by atoms with van der Waals surface area (Å²) in [6.45, 7) is 0. The Labute approximate surface area is 169 Å². The van der Waals surface area contributed by atoms with Crippen molar-refractivity contribution in [3.63, 3.8) is 0 Å². The van der Waals surface area contributed by atoms with Crippen LogP contribution in [0.2, 0.25) is 0 Å². The van der Waals surface area contributed by atoms with Gasteiger partial charge in [0.25, 0.3) is 5.91 Å². The van der Waals surface area contributed by atoms with E-state index in [0.29, 0.717) is 5.56 Å². The van der Waals surface area contributed by atoms with Crippen molar-refractivity contribution in [3.05, 3.63) is 95.7 Å². The summed E-state index contributed by atoms with van der Waals surface area (Å²) in [6, 6.07) is 23.5. The normalized spacial score (nSPS) is 12.1. The molecule has 1 unspecified atom stereocenters. The zero-order chi connectivity index (χ0) is 20.2. The molecule has 5 heteroatoms. The minimum atomic E-state index is -0.524. The molecule has 5 nitrogen and oxygen atoms in total. The van der Waals surface area contributed by atoms with Gasteiger partial charge >= 0.3 is 0 Å². The molecule has 0 bridgehead atoms. The average molecular weight is 385 g/mol. The number of para-hydroxylation sites is 1. The Bertz CT molecular complexity index is 1130. The summed E-state index contributed by atoms with van der Waals surface area (Å²) in [6.07, 6.45) is 3.82. The molecule has 1 amide bonds. The van der Waals surface area contributed by atoms with E-state index in [1.165, 1.54) is 10.9 Å². The molecule has 1 atom stereocenters. The number of benzene rings is 3. The minimum absolute atomic E-state index is 0.0666. The Morgan fingerprint density at radius 3 is 2.59 bits per heavy atom. The van der Waals surface area contributed by atoms with E-state index in [2.05, 4.69) is 41.5 Å². The van der Waals surface area contributed by atoms with E-state index in [1.54, 1.807) is 17.6 Å². The zero-order valence-electron chi connectivity index (χ0n) is 15.9. The highest BCUT2D eigenvalue weighted by atomic mass is 16.5. The Morgan fingerprint density at radius 1 is 1.00 bits per heavy atom. The Hall–Kier alpha value is -3.41. The summed E-state index contributed by atoms with van der Waals surface area (Å²) in [7, 11) is 0. The molecule has 0 saturated heterocycles. The fourth-order valence-electron chi connectivity index (χ4n) is 3.64. The zero-order valence-corrected chi connectivity index (χ0v) is 15.9. The van der Waals surface area contributed by atoms with E-state index in [-0.39, 0.29) is 6.04 Å². The molecular weight excluding hydrogens is 362 g/mol. The molecule has 4 aromatic rings. The van der Waals surface area contributed by atoms with E-state index in [9.17, 15) is 4.79 Å². The molecular formula is C24H23N3O2. The fourth-order valence-corrected chi connectivity index (χ4v) is 3.64. The lowest BCUT2D eigenvalue weighted by Crippen LogP contribution is -2.18. The quantitative estimate of drug-likeness (QED) is 0.289. The fraction of sp³-hybridized carbons (Fsp3) is 0.125. The summed E-state index contributed by atoms with van der Waals surface area (Å²) in [5.41, 5.74) is 14.1. The lowest BCUT2D eigenvalue weighted by atomic mass is 9.95. The Balaban J connectivity index is 1.48. The van der Waals surface area contributed by atoms with Gasteiger partial charge in [0.15, 0.2) is 0 Å². The van der Waals surface area contributed by atoms with Crippen LogP contribution in [0.4, 0.5) is 0 Å². The first-order chi connectivity index (χ1) is 14.2. The molecule has 1 heterocycles. The summed E-state index contributed by atoms with van der Waals surface area (Å²) in [5.74, 6) is -0.524. The molecule has 4 rings (SSSR count). The van der Waals surface area contributed by atoms with Gasteiger partial charge in [-0.1, -0.05) is 48.5 Å². The lowest BCUT2D eigenvalue weighted by Gasteiger charge is -2.13. The van der Waals surface area contributed by atoms with Crippen LogP contribution in [0.3, 0.4) is 0 Å². The van der Waals surface area contributed by atoms with Crippen LogP contribution in [-0.4, -0.2) is 16.1 Å². The highest BCUT2D eigenvalue weighted by Crippen LogP contribution is 2.26. The summed E-state index contributed by atoms with van der Waals surface area (Å²) < 4.78 is 0. The van der Waals surface area contributed by atoms with Crippen LogP contribution in [0.1, 0.15) is 33.9 Å². The predicted molar refractivity (Wildman–Crippen MR) is 115 cm³/mol. The highest BCUT2D eigenvalue weighted by molar-refractivity contribution is 5.93. The number of hydrogen-bond donors (Lipinski definition) is 4. The first kappa shape index (κ1) is 18.9. The number of H-pyrrole nitrogens is 1. The third-order valence-corrected chi connectivity index (χ3v) is 5.30. The van der Waals surface area contributed by atoms with Crippen molar-refractivity contribution in [1.82, 2.24) is 10.5 Å². The van der Waals surface area contributed by atoms with Gasteiger partial charge in [-0.15, -0.1) is 0 Å². The second-order valence-electron chi connectivity index (χ2n) is 7.15. The second kappa shape index (κ2) is 8.31. The molecule has 0 spiro atoms. The molecule has 0 saturated carbocycles. The van der Waals surface area contributed by atoms with Crippen LogP contribution in [0.25, 0.3) is 22.0 Å². The number of hydrogen-bond acceptors (Lipinski definition) is 3. The maximum atomic E-state index is 11.5. The van der Waals surface area contributed by atoms with Crippen molar-refractivity contribution in [2.24, 2.45) is 5.73 Å². The Kier molecular flexibility index (Phi) is 5.42. The second-order valence-corrected chi connectivity index (χ2v) is 7.15. The molecule has 0 aliphatic rings. The summed E-state index contributed by atoms with van der Waals surface area (Å²) >= 11 is 0. The van der Waals surface area contributed by atoms with Crippen LogP contribution in [0.5, 0.6) is 0 Å². The molecule has 1 aromatic heterocycles. The van der Waals surface area contributed by atoms with Crippen molar-refractivity contribution in [2.45, 2.75) is 18.9 Å². The molecule has 0 fully saturated rings. The number of nitrogens with two attached hydrogens (primary N) is 1. The SMILES string of the molecule is NC(CCc1c[nH]c2ccccc12)c1cccc(-c2ccc(C(=O)NO)cc2)c1. The van der Waals surface area contributed by atoms with Crippen molar-refractivity contribution in [3.8, 4) is 11.1 Å². The van der Waals surface area contributed by atoms with Crippen molar-refractivity contribution in [2.75, 3.05) is 0 Å². The molecule has 0 radical (unpaired) electrons. The number of carbonyl (C=O) groups excluding carboxylic acids is 1. The number of aryl methyl sites for hydroxylation is 1.